The molecule has 0 spiro atoms. The highest BCUT2D eigenvalue weighted by atomic mass is 19.1. The van der Waals surface area contributed by atoms with Gasteiger partial charge in [0.2, 0.25) is 0 Å². The Balaban J connectivity index is 2.48. The van der Waals surface area contributed by atoms with Crippen molar-refractivity contribution in [2.45, 2.75) is 0 Å². The summed E-state index contributed by atoms with van der Waals surface area (Å²) in [4.78, 5) is 27.8. The summed E-state index contributed by atoms with van der Waals surface area (Å²) in [7, 11) is 3.14. The average molecular weight is 278 g/mol. The van der Waals surface area contributed by atoms with Crippen LogP contribution in [0.15, 0.2) is 24.5 Å². The molecule has 0 saturated carbocycles. The van der Waals surface area contributed by atoms with Crippen molar-refractivity contribution in [3.63, 3.8) is 0 Å². The number of aromatic nitrogens is 3. The van der Waals surface area contributed by atoms with E-state index in [0.717, 1.165) is 16.9 Å². The molecule has 0 radical (unpaired) electrons. The van der Waals surface area contributed by atoms with E-state index < -0.39 is 11.8 Å². The van der Waals surface area contributed by atoms with Crippen LogP contribution >= 0.6 is 0 Å². The van der Waals surface area contributed by atoms with Gasteiger partial charge in [-0.3, -0.25) is 4.79 Å². The lowest BCUT2D eigenvalue weighted by Gasteiger charge is -2.07. The predicted octanol–water partition coefficient (Wildman–Crippen LogP) is 0.806. The van der Waals surface area contributed by atoms with Crippen LogP contribution < -0.4 is 0 Å². The third kappa shape index (κ3) is 2.48. The lowest BCUT2D eigenvalue weighted by Crippen LogP contribution is -2.22. The number of halogens is 1. The normalized spacial score (nSPS) is 10.3. The molecule has 2 aromatic rings. The topological polar surface area (TPSA) is 88.3 Å². The maximum Gasteiger partial charge on any atom is 0.339 e. The molecule has 0 aliphatic heterocycles. The summed E-state index contributed by atoms with van der Waals surface area (Å²) in [6, 6.07) is 2.28. The van der Waals surface area contributed by atoms with Crippen molar-refractivity contribution in [2.24, 2.45) is 0 Å². The number of hydrogen-bond acceptors (Lipinski definition) is 4. The lowest BCUT2D eigenvalue weighted by atomic mass is 10.2. The van der Waals surface area contributed by atoms with Gasteiger partial charge in [-0.25, -0.2) is 18.9 Å². The van der Waals surface area contributed by atoms with Gasteiger partial charge in [-0.15, -0.1) is 0 Å². The molecule has 0 atom stereocenters. The second-order valence-electron chi connectivity index (χ2n) is 4.17. The van der Waals surface area contributed by atoms with Gasteiger partial charge in [0.05, 0.1) is 6.20 Å². The molecule has 2 heterocycles. The summed E-state index contributed by atoms with van der Waals surface area (Å²) in [5.41, 5.74) is -0.200. The number of hydrogen-bond donors (Lipinski definition) is 1. The van der Waals surface area contributed by atoms with Crippen LogP contribution in [0.1, 0.15) is 20.8 Å². The molecule has 1 N–H and O–H groups in total. The second-order valence-corrected chi connectivity index (χ2v) is 4.17. The van der Waals surface area contributed by atoms with Gasteiger partial charge in [-0.05, 0) is 12.1 Å². The molecule has 0 bridgehead atoms. The van der Waals surface area contributed by atoms with E-state index in [2.05, 4.69) is 10.1 Å². The van der Waals surface area contributed by atoms with Crippen molar-refractivity contribution in [2.75, 3.05) is 14.1 Å². The first kappa shape index (κ1) is 13.7. The molecule has 7 nitrogen and oxygen atoms in total. The Bertz CT molecular complexity index is 681. The van der Waals surface area contributed by atoms with Crippen LogP contribution in [0.3, 0.4) is 0 Å². The number of aromatic carboxylic acids is 1. The maximum absolute atomic E-state index is 13.0. The van der Waals surface area contributed by atoms with Gasteiger partial charge >= 0.3 is 5.97 Å². The minimum absolute atomic E-state index is 0.0586. The summed E-state index contributed by atoms with van der Waals surface area (Å²) in [5.74, 6) is -2.48. The standard InChI is InChI=1S/C12H11FN4O3/c1-16(2)11(18)9-3-4-17(15-9)10-8(12(19)20)5-7(13)6-14-10/h3-6H,1-2H3,(H,19,20). The van der Waals surface area contributed by atoms with Gasteiger partial charge in [0.25, 0.3) is 5.91 Å². The average Bonchev–Trinajstić information content (AvgIpc) is 2.86. The van der Waals surface area contributed by atoms with E-state index in [9.17, 15) is 14.0 Å². The van der Waals surface area contributed by atoms with Crippen LogP contribution in [-0.2, 0) is 0 Å². The summed E-state index contributed by atoms with van der Waals surface area (Å²) in [6.07, 6.45) is 2.28. The van der Waals surface area contributed by atoms with E-state index in [-0.39, 0.29) is 23.0 Å². The highest BCUT2D eigenvalue weighted by Gasteiger charge is 2.17. The summed E-state index contributed by atoms with van der Waals surface area (Å²) in [5, 5.41) is 13.0. The van der Waals surface area contributed by atoms with Gasteiger partial charge in [-0.2, -0.15) is 5.10 Å². The zero-order valence-electron chi connectivity index (χ0n) is 10.7. The maximum atomic E-state index is 13.0. The van der Waals surface area contributed by atoms with Gasteiger partial charge in [0.15, 0.2) is 11.5 Å². The van der Waals surface area contributed by atoms with Crippen molar-refractivity contribution in [3.8, 4) is 5.82 Å². The summed E-state index contributed by atoms with van der Waals surface area (Å²) < 4.78 is 14.2. The number of pyridine rings is 1. The highest BCUT2D eigenvalue weighted by Crippen LogP contribution is 2.13. The Hall–Kier alpha value is -2.77. The molecule has 8 heteroatoms. The first-order valence-electron chi connectivity index (χ1n) is 5.56. The van der Waals surface area contributed by atoms with Crippen molar-refractivity contribution in [1.29, 1.82) is 0 Å². The number of nitrogens with zero attached hydrogens (tertiary/aromatic N) is 4. The Labute approximate surface area is 113 Å². The number of rotatable bonds is 3. The molecule has 20 heavy (non-hydrogen) atoms. The fourth-order valence-corrected chi connectivity index (χ4v) is 1.56. The molecule has 0 aromatic carbocycles. The Morgan fingerprint density at radius 1 is 1.40 bits per heavy atom. The molecular weight excluding hydrogens is 267 g/mol. The number of carboxylic acid groups (broad SMARTS) is 1. The zero-order chi connectivity index (χ0) is 14.9. The van der Waals surface area contributed by atoms with Crippen LogP contribution in [0, 0.1) is 5.82 Å². The monoisotopic (exact) mass is 278 g/mol. The summed E-state index contributed by atoms with van der Waals surface area (Å²) >= 11 is 0. The second kappa shape index (κ2) is 5.08. The van der Waals surface area contributed by atoms with Crippen LogP contribution in [0.4, 0.5) is 4.39 Å². The minimum atomic E-state index is -1.33. The van der Waals surface area contributed by atoms with Gasteiger partial charge in [-0.1, -0.05) is 0 Å². The van der Waals surface area contributed by atoms with E-state index in [4.69, 9.17) is 5.11 Å². The molecule has 2 aromatic heterocycles. The largest absolute Gasteiger partial charge is 0.478 e. The molecule has 2 rings (SSSR count). The highest BCUT2D eigenvalue weighted by molar-refractivity contribution is 5.92. The van der Waals surface area contributed by atoms with Crippen molar-refractivity contribution in [3.05, 3.63) is 41.6 Å². The molecule has 0 unspecified atom stereocenters. The molecule has 0 fully saturated rings. The number of carbonyl (C=O) groups is 2. The molecule has 104 valence electrons. The van der Waals surface area contributed by atoms with Crippen LogP contribution in [0.25, 0.3) is 5.82 Å². The molecule has 1 amide bonds. The molecule has 0 aliphatic rings. The Morgan fingerprint density at radius 3 is 2.70 bits per heavy atom. The third-order valence-electron chi connectivity index (χ3n) is 2.50. The number of amides is 1. The van der Waals surface area contributed by atoms with Crippen LogP contribution in [-0.4, -0.2) is 50.7 Å². The number of carboxylic acids is 1. The van der Waals surface area contributed by atoms with Crippen LogP contribution in [0.5, 0.6) is 0 Å². The van der Waals surface area contributed by atoms with Gasteiger partial charge in [0.1, 0.15) is 11.4 Å². The molecule has 0 aliphatic carbocycles. The third-order valence-corrected chi connectivity index (χ3v) is 2.50. The quantitative estimate of drug-likeness (QED) is 0.897. The minimum Gasteiger partial charge on any atom is -0.478 e. The van der Waals surface area contributed by atoms with Crippen molar-refractivity contribution >= 4 is 11.9 Å². The fraction of sp³-hybridized carbons (Fsp3) is 0.167. The Morgan fingerprint density at radius 2 is 2.10 bits per heavy atom. The SMILES string of the molecule is CN(C)C(=O)c1ccn(-c2ncc(F)cc2C(=O)O)n1. The molecule has 0 saturated heterocycles. The predicted molar refractivity (Wildman–Crippen MR) is 66.3 cm³/mol. The molecular formula is C12H11FN4O3. The Kier molecular flexibility index (Phi) is 3.47. The van der Waals surface area contributed by atoms with Gasteiger partial charge < -0.3 is 10.0 Å². The van der Waals surface area contributed by atoms with E-state index in [1.165, 1.54) is 17.2 Å². The van der Waals surface area contributed by atoms with Crippen molar-refractivity contribution in [1.82, 2.24) is 19.7 Å². The van der Waals surface area contributed by atoms with Gasteiger partial charge in [0, 0.05) is 20.3 Å². The first-order valence-corrected chi connectivity index (χ1v) is 5.56. The zero-order valence-corrected chi connectivity index (χ0v) is 10.7. The number of carbonyl (C=O) groups excluding carboxylic acids is 1. The first-order chi connectivity index (χ1) is 9.40. The van der Waals surface area contributed by atoms with E-state index in [1.807, 2.05) is 0 Å². The van der Waals surface area contributed by atoms with Crippen molar-refractivity contribution < 1.29 is 19.1 Å². The van der Waals surface area contributed by atoms with E-state index in [1.54, 1.807) is 14.1 Å². The summed E-state index contributed by atoms with van der Waals surface area (Å²) in [6.45, 7) is 0. The lowest BCUT2D eigenvalue weighted by molar-refractivity contribution is 0.0695. The smallest absolute Gasteiger partial charge is 0.339 e. The van der Waals surface area contributed by atoms with E-state index in [0.29, 0.717) is 0 Å². The van der Waals surface area contributed by atoms with E-state index >= 15 is 0 Å². The fourth-order valence-electron chi connectivity index (χ4n) is 1.56. The van der Waals surface area contributed by atoms with Crippen LogP contribution in [0.2, 0.25) is 0 Å².